The summed E-state index contributed by atoms with van der Waals surface area (Å²) in [6.45, 7) is 0.366. The van der Waals surface area contributed by atoms with Crippen molar-refractivity contribution >= 4 is 23.5 Å². The lowest BCUT2D eigenvalue weighted by Gasteiger charge is -2.15. The van der Waals surface area contributed by atoms with Crippen LogP contribution in [-0.4, -0.2) is 10.9 Å². The summed E-state index contributed by atoms with van der Waals surface area (Å²) in [5.74, 6) is 0.265. The molecule has 35 heavy (non-hydrogen) atoms. The van der Waals surface area contributed by atoms with Gasteiger partial charge in [-0.2, -0.15) is 17.6 Å². The predicted octanol–water partition coefficient (Wildman–Crippen LogP) is 6.78. The number of guanidine groups is 1. The Balaban J connectivity index is 1.59. The first kappa shape index (κ1) is 24.3. The van der Waals surface area contributed by atoms with Gasteiger partial charge in [-0.15, -0.1) is 0 Å². The number of nitrogens with zero attached hydrogens (tertiary/aromatic N) is 2. The molecule has 0 radical (unpaired) electrons. The van der Waals surface area contributed by atoms with Crippen LogP contribution in [-0.2, 0) is 12.7 Å². The molecule has 1 aliphatic rings. The zero-order chi connectivity index (χ0) is 24.7. The number of pyridine rings is 1. The Morgan fingerprint density at radius 1 is 1.03 bits per heavy atom. The number of aromatic nitrogens is 1. The second-order valence-corrected chi connectivity index (χ2v) is 8.59. The summed E-state index contributed by atoms with van der Waals surface area (Å²) < 4.78 is 43.5. The number of alkyl halides is 3. The second kappa shape index (κ2) is 11.1. The highest BCUT2D eigenvalue weighted by Gasteiger charge is 2.30. The molecule has 0 aliphatic heterocycles. The van der Waals surface area contributed by atoms with Crippen LogP contribution in [0.2, 0.25) is 0 Å². The van der Waals surface area contributed by atoms with Crippen LogP contribution < -0.4 is 11.1 Å². The van der Waals surface area contributed by atoms with Gasteiger partial charge >= 0.3 is 6.18 Å². The van der Waals surface area contributed by atoms with Gasteiger partial charge in [-0.1, -0.05) is 60.7 Å². The van der Waals surface area contributed by atoms with Crippen LogP contribution in [0.4, 0.5) is 13.2 Å². The fraction of sp³-hybridized carbons (Fsp3) is 0.111. The van der Waals surface area contributed by atoms with Gasteiger partial charge < -0.3 is 11.1 Å². The minimum atomic E-state index is -4.39. The fourth-order valence-electron chi connectivity index (χ4n) is 3.48. The zero-order valence-corrected chi connectivity index (χ0v) is 19.5. The first-order valence-corrected chi connectivity index (χ1v) is 11.7. The largest absolute Gasteiger partial charge is 0.416 e. The predicted molar refractivity (Wildman–Crippen MR) is 136 cm³/mol. The maximum Gasteiger partial charge on any atom is 0.416 e. The zero-order valence-electron chi connectivity index (χ0n) is 18.7. The number of hydrogen-bond donors (Lipinski definition) is 2. The molecule has 1 aliphatic carbocycles. The number of allylic oxidation sites excluding steroid dienone is 6. The number of rotatable bonds is 6. The number of nitrogens with one attached hydrogen (secondary N) is 1. The average molecular weight is 493 g/mol. The maximum absolute atomic E-state index is 13.1. The number of hydrogen-bond acceptors (Lipinski definition) is 3. The highest BCUT2D eigenvalue weighted by Crippen LogP contribution is 2.34. The molecule has 8 heteroatoms. The SMILES string of the molecule is N/C(=N\Sc1ccccc1)NCc1cnc(C2=CC=CC=CC2)c(-c2ccc(C(F)(F)F)cc2)c1. The number of halogens is 3. The van der Waals surface area contributed by atoms with Gasteiger partial charge in [0.25, 0.3) is 0 Å². The molecule has 3 aromatic rings. The van der Waals surface area contributed by atoms with Crippen molar-refractivity contribution in [3.8, 4) is 11.1 Å². The molecular formula is C27H23F3N4S. The molecular weight excluding hydrogens is 469 g/mol. The minimum Gasteiger partial charge on any atom is -0.369 e. The fourth-order valence-corrected chi connectivity index (χ4v) is 4.03. The Kier molecular flexibility index (Phi) is 7.72. The van der Waals surface area contributed by atoms with E-state index < -0.39 is 11.7 Å². The van der Waals surface area contributed by atoms with Gasteiger partial charge in [0.1, 0.15) is 0 Å². The Morgan fingerprint density at radius 3 is 2.54 bits per heavy atom. The van der Waals surface area contributed by atoms with Crippen LogP contribution >= 0.6 is 11.9 Å². The summed E-state index contributed by atoms with van der Waals surface area (Å²) in [4.78, 5) is 5.64. The normalized spacial score (nSPS) is 13.9. The molecule has 0 saturated heterocycles. The highest BCUT2D eigenvalue weighted by molar-refractivity contribution is 7.98. The van der Waals surface area contributed by atoms with Gasteiger partial charge in [0.2, 0.25) is 5.96 Å². The molecule has 0 amide bonds. The van der Waals surface area contributed by atoms with Gasteiger partial charge in [0.05, 0.1) is 11.3 Å². The van der Waals surface area contributed by atoms with Gasteiger partial charge in [-0.05, 0) is 53.5 Å². The molecule has 0 fully saturated rings. The van der Waals surface area contributed by atoms with Gasteiger partial charge in [-0.3, -0.25) is 4.98 Å². The van der Waals surface area contributed by atoms with E-state index in [0.29, 0.717) is 18.5 Å². The van der Waals surface area contributed by atoms with Gasteiger partial charge in [-0.25, -0.2) is 0 Å². The smallest absolute Gasteiger partial charge is 0.369 e. The van der Waals surface area contributed by atoms with Crippen molar-refractivity contribution in [3.63, 3.8) is 0 Å². The molecule has 3 N–H and O–H groups in total. The van der Waals surface area contributed by atoms with Crippen molar-refractivity contribution in [2.24, 2.45) is 10.1 Å². The van der Waals surface area contributed by atoms with Crippen molar-refractivity contribution in [1.29, 1.82) is 0 Å². The molecule has 4 nitrogen and oxygen atoms in total. The maximum atomic E-state index is 13.1. The molecule has 1 heterocycles. The third-order valence-electron chi connectivity index (χ3n) is 5.23. The average Bonchev–Trinajstić information content (AvgIpc) is 3.16. The van der Waals surface area contributed by atoms with Crippen LogP contribution in [0.3, 0.4) is 0 Å². The van der Waals surface area contributed by atoms with Crippen LogP contribution in [0.15, 0.2) is 107 Å². The summed E-state index contributed by atoms with van der Waals surface area (Å²) in [6, 6.07) is 16.7. The highest BCUT2D eigenvalue weighted by atomic mass is 32.2. The van der Waals surface area contributed by atoms with Crippen LogP contribution in [0.1, 0.15) is 23.2 Å². The van der Waals surface area contributed by atoms with Crippen molar-refractivity contribution < 1.29 is 13.2 Å². The summed E-state index contributed by atoms with van der Waals surface area (Å²) in [7, 11) is 0. The quantitative estimate of drug-likeness (QED) is 0.226. The summed E-state index contributed by atoms with van der Waals surface area (Å²) in [5.41, 5.74) is 9.26. The van der Waals surface area contributed by atoms with Crippen molar-refractivity contribution in [2.45, 2.75) is 24.0 Å². The van der Waals surface area contributed by atoms with E-state index in [1.54, 1.807) is 6.20 Å². The number of benzene rings is 2. The van der Waals surface area contributed by atoms with E-state index >= 15 is 0 Å². The third-order valence-corrected chi connectivity index (χ3v) is 6.00. The molecule has 2 aromatic carbocycles. The molecule has 178 valence electrons. The van der Waals surface area contributed by atoms with Crippen molar-refractivity contribution in [3.05, 3.63) is 114 Å². The third kappa shape index (κ3) is 6.64. The second-order valence-electron chi connectivity index (χ2n) is 7.76. The van der Waals surface area contributed by atoms with Crippen LogP contribution in [0, 0.1) is 0 Å². The van der Waals surface area contributed by atoms with E-state index in [1.807, 2.05) is 66.8 Å². The molecule has 0 bridgehead atoms. The molecule has 0 unspecified atom stereocenters. The molecule has 0 spiro atoms. The Morgan fingerprint density at radius 2 is 1.80 bits per heavy atom. The van der Waals surface area contributed by atoms with Gasteiger partial charge in [0.15, 0.2) is 0 Å². The topological polar surface area (TPSA) is 63.3 Å². The van der Waals surface area contributed by atoms with Crippen molar-refractivity contribution in [2.75, 3.05) is 0 Å². The van der Waals surface area contributed by atoms with Crippen LogP contribution in [0.5, 0.6) is 0 Å². The first-order chi connectivity index (χ1) is 16.9. The monoisotopic (exact) mass is 492 g/mol. The Bertz CT molecular complexity index is 1280. The Labute approximate surface area is 206 Å². The van der Waals surface area contributed by atoms with Crippen molar-refractivity contribution in [1.82, 2.24) is 10.3 Å². The molecule has 1 aromatic heterocycles. The standard InChI is InChI=1S/C27H23F3N4S/c28-27(29,30)22-14-12-20(13-15-22)24-16-19(17-32-25(24)21-8-4-1-2-5-9-21)18-33-26(31)34-35-23-10-6-3-7-11-23/h1-8,10-17H,9,18H2,(H3,31,33,34). The lowest BCUT2D eigenvalue weighted by atomic mass is 9.95. The van der Waals surface area contributed by atoms with E-state index in [9.17, 15) is 13.2 Å². The van der Waals surface area contributed by atoms with E-state index in [4.69, 9.17) is 5.73 Å². The van der Waals surface area contributed by atoms with E-state index in [-0.39, 0.29) is 5.96 Å². The lowest BCUT2D eigenvalue weighted by Crippen LogP contribution is -2.30. The van der Waals surface area contributed by atoms with E-state index in [1.165, 1.54) is 24.1 Å². The molecule has 0 atom stereocenters. The first-order valence-electron chi connectivity index (χ1n) is 10.9. The number of nitrogens with two attached hydrogens (primary N) is 1. The van der Waals surface area contributed by atoms with E-state index in [2.05, 4.69) is 14.7 Å². The van der Waals surface area contributed by atoms with E-state index in [0.717, 1.165) is 39.4 Å². The van der Waals surface area contributed by atoms with Crippen LogP contribution in [0.25, 0.3) is 16.7 Å². The summed E-state index contributed by atoms with van der Waals surface area (Å²) >= 11 is 1.26. The summed E-state index contributed by atoms with van der Waals surface area (Å²) in [5, 5.41) is 3.07. The van der Waals surface area contributed by atoms with Gasteiger partial charge in [0, 0.05) is 35.1 Å². The lowest BCUT2D eigenvalue weighted by molar-refractivity contribution is -0.137. The molecule has 4 rings (SSSR count). The summed E-state index contributed by atoms with van der Waals surface area (Å²) in [6.07, 6.45) is 7.82. The molecule has 0 saturated carbocycles. The Hall–Kier alpha value is -3.78. The minimum absolute atomic E-state index is 0.265.